The monoisotopic (exact) mass is 550 g/mol. The summed E-state index contributed by atoms with van der Waals surface area (Å²) in [6, 6.07) is 0. The number of ether oxygens (including phenoxy) is 4. The number of nitrogens with zero attached hydrogens (tertiary/aromatic N) is 3. The molecule has 6 unspecified atom stereocenters. The molecule has 1 heterocycles. The maximum Gasteiger partial charge on any atom is 0.186 e. The Kier molecular flexibility index (Phi) is 17.7. The number of hydrogen-bond donors (Lipinski definition) is 3. The third kappa shape index (κ3) is 11.6. The molecule has 10 heteroatoms. The molecule has 0 amide bonds. The van der Waals surface area contributed by atoms with Crippen LogP contribution in [0.5, 0.6) is 0 Å². The second-order valence-corrected chi connectivity index (χ2v) is 10.8. The highest BCUT2D eigenvalue weighted by molar-refractivity contribution is 4.91. The van der Waals surface area contributed by atoms with Gasteiger partial charge in [-0.25, -0.2) is 0 Å². The predicted octanol–water partition coefficient (Wildman–Crippen LogP) is 1.16. The molecule has 38 heavy (non-hydrogen) atoms. The van der Waals surface area contributed by atoms with E-state index in [0.29, 0.717) is 13.2 Å². The lowest BCUT2D eigenvalue weighted by molar-refractivity contribution is -0.924. The van der Waals surface area contributed by atoms with Crippen molar-refractivity contribution in [3.63, 3.8) is 0 Å². The van der Waals surface area contributed by atoms with E-state index in [2.05, 4.69) is 32.6 Å². The van der Waals surface area contributed by atoms with E-state index in [-0.39, 0.29) is 19.3 Å². The van der Waals surface area contributed by atoms with E-state index in [0.717, 1.165) is 63.1 Å². The molecule has 0 aromatic carbocycles. The highest BCUT2D eigenvalue weighted by Crippen LogP contribution is 2.27. The zero-order chi connectivity index (χ0) is 28.7. The lowest BCUT2D eigenvalue weighted by Crippen LogP contribution is -2.61. The van der Waals surface area contributed by atoms with Gasteiger partial charge in [0.1, 0.15) is 31.0 Å². The van der Waals surface area contributed by atoms with Gasteiger partial charge in [-0.3, -0.25) is 4.90 Å². The van der Waals surface area contributed by atoms with Crippen LogP contribution in [0.4, 0.5) is 0 Å². The zero-order valence-electron chi connectivity index (χ0n) is 25.6. The second kappa shape index (κ2) is 18.9. The van der Waals surface area contributed by atoms with Crippen LogP contribution in [-0.4, -0.2) is 159 Å². The van der Waals surface area contributed by atoms with Crippen LogP contribution >= 0.6 is 0 Å². The van der Waals surface area contributed by atoms with Crippen LogP contribution < -0.4 is 0 Å². The quantitative estimate of drug-likeness (QED) is 0.182. The maximum absolute atomic E-state index is 11.1. The Balaban J connectivity index is 2.88. The van der Waals surface area contributed by atoms with Crippen LogP contribution in [0, 0.1) is 0 Å². The van der Waals surface area contributed by atoms with Gasteiger partial charge in [-0.2, -0.15) is 0 Å². The third-order valence-electron chi connectivity index (χ3n) is 8.05. The molecule has 0 aromatic rings. The van der Waals surface area contributed by atoms with Crippen molar-refractivity contribution in [3.05, 3.63) is 0 Å². The van der Waals surface area contributed by atoms with E-state index in [9.17, 15) is 15.3 Å². The first-order chi connectivity index (χ1) is 18.1. The van der Waals surface area contributed by atoms with Gasteiger partial charge in [-0.1, -0.05) is 27.7 Å². The van der Waals surface area contributed by atoms with Crippen LogP contribution in [0.2, 0.25) is 0 Å². The number of aliphatic hydroxyl groups excluding tert-OH is 3. The minimum Gasteiger partial charge on any atom is -0.389 e. The van der Waals surface area contributed by atoms with Crippen LogP contribution in [-0.2, 0) is 18.9 Å². The molecular formula is C28H60N3O7+. The second-order valence-electron chi connectivity index (χ2n) is 10.8. The van der Waals surface area contributed by atoms with Crippen LogP contribution in [0.1, 0.15) is 54.4 Å². The summed E-state index contributed by atoms with van der Waals surface area (Å²) < 4.78 is 24.9. The summed E-state index contributed by atoms with van der Waals surface area (Å²) >= 11 is 0. The van der Waals surface area contributed by atoms with Crippen LogP contribution in [0.15, 0.2) is 0 Å². The molecule has 1 saturated heterocycles. The highest BCUT2D eigenvalue weighted by Gasteiger charge is 2.46. The van der Waals surface area contributed by atoms with Crippen molar-refractivity contribution in [2.75, 3.05) is 86.3 Å². The fourth-order valence-electron chi connectivity index (χ4n) is 5.06. The molecule has 6 atom stereocenters. The summed E-state index contributed by atoms with van der Waals surface area (Å²) in [4.78, 5) is 4.32. The summed E-state index contributed by atoms with van der Waals surface area (Å²) in [6.45, 7) is 20.8. The number of quaternary nitrogens is 1. The van der Waals surface area contributed by atoms with Gasteiger partial charge in [0, 0.05) is 13.1 Å². The summed E-state index contributed by atoms with van der Waals surface area (Å²) in [6.07, 6.45) is -3.88. The predicted molar refractivity (Wildman–Crippen MR) is 150 cm³/mol. The van der Waals surface area contributed by atoms with E-state index < -0.39 is 36.8 Å². The van der Waals surface area contributed by atoms with E-state index in [4.69, 9.17) is 18.9 Å². The van der Waals surface area contributed by atoms with Crippen molar-refractivity contribution in [1.29, 1.82) is 0 Å². The van der Waals surface area contributed by atoms with Crippen molar-refractivity contribution in [2.45, 2.75) is 97.3 Å². The molecule has 228 valence electrons. The molecule has 1 aliphatic heterocycles. The first kappa shape index (κ1) is 35.6. The van der Waals surface area contributed by atoms with E-state index in [1.807, 2.05) is 32.8 Å². The largest absolute Gasteiger partial charge is 0.389 e. The molecular weight excluding hydrogens is 490 g/mol. The normalized spacial score (nSPS) is 25.6. The molecule has 0 spiro atoms. The van der Waals surface area contributed by atoms with E-state index in [1.54, 1.807) is 0 Å². The van der Waals surface area contributed by atoms with Gasteiger partial charge in [0.25, 0.3) is 0 Å². The molecule has 0 saturated carbocycles. The molecule has 1 fully saturated rings. The van der Waals surface area contributed by atoms with Crippen LogP contribution in [0.3, 0.4) is 0 Å². The van der Waals surface area contributed by atoms with Gasteiger partial charge in [-0.15, -0.1) is 0 Å². The SMILES string of the molecule is CCC(CC)OC1OC(COCC(O)CN(C)C)C(O)C(OCC[N+](CC)(CC)CCN(CC)CC)C1O. The van der Waals surface area contributed by atoms with Gasteiger partial charge in [0.2, 0.25) is 0 Å². The van der Waals surface area contributed by atoms with Crippen molar-refractivity contribution in [3.8, 4) is 0 Å². The number of aliphatic hydroxyl groups is 3. The molecule has 1 rings (SSSR count). The zero-order valence-corrected chi connectivity index (χ0v) is 25.6. The summed E-state index contributed by atoms with van der Waals surface area (Å²) in [7, 11) is 3.77. The Labute approximate surface area is 232 Å². The molecule has 0 aromatic heterocycles. The van der Waals surface area contributed by atoms with Gasteiger partial charge < -0.3 is 43.6 Å². The molecule has 3 N–H and O–H groups in total. The summed E-state index contributed by atoms with van der Waals surface area (Å²) in [5.41, 5.74) is 0. The number of likely N-dealkylation sites (N-methyl/N-ethyl adjacent to an activating group) is 3. The van der Waals surface area contributed by atoms with E-state index >= 15 is 0 Å². The first-order valence-corrected chi connectivity index (χ1v) is 14.9. The topological polar surface area (TPSA) is 104 Å². The van der Waals surface area contributed by atoms with Crippen molar-refractivity contribution >= 4 is 0 Å². The Morgan fingerprint density at radius 1 is 0.921 bits per heavy atom. The minimum absolute atomic E-state index is 0.0643. The molecule has 0 radical (unpaired) electrons. The van der Waals surface area contributed by atoms with Gasteiger partial charge in [-0.05, 0) is 53.9 Å². The smallest absolute Gasteiger partial charge is 0.186 e. The Hall–Kier alpha value is -0.400. The number of hydrogen-bond acceptors (Lipinski definition) is 9. The Morgan fingerprint density at radius 3 is 2.08 bits per heavy atom. The molecule has 0 bridgehead atoms. The highest BCUT2D eigenvalue weighted by atomic mass is 16.7. The molecule has 10 nitrogen and oxygen atoms in total. The standard InChI is InChI=1S/C28H60N3O7/c1-9-23(10-2)37-28-26(34)27(25(33)24(38-28)21-35-20-22(32)19-29(7)8)36-18-17-31(13-5,14-6)16-15-30(11-3)12-4/h22-28,32-34H,9-21H2,1-8H3/q+1. The average Bonchev–Trinajstić information content (AvgIpc) is 2.90. The Bertz CT molecular complexity index is 589. The fourth-order valence-corrected chi connectivity index (χ4v) is 5.06. The Morgan fingerprint density at radius 2 is 1.55 bits per heavy atom. The summed E-state index contributed by atoms with van der Waals surface area (Å²) in [5.74, 6) is 0. The fraction of sp³-hybridized carbons (Fsp3) is 1.00. The summed E-state index contributed by atoms with van der Waals surface area (Å²) in [5, 5.41) is 32.4. The van der Waals surface area contributed by atoms with Crippen molar-refractivity contribution < 1.29 is 38.8 Å². The minimum atomic E-state index is -1.12. The van der Waals surface area contributed by atoms with Crippen molar-refractivity contribution in [1.82, 2.24) is 9.80 Å². The van der Waals surface area contributed by atoms with Crippen molar-refractivity contribution in [2.24, 2.45) is 0 Å². The lowest BCUT2D eigenvalue weighted by Gasteiger charge is -2.44. The van der Waals surface area contributed by atoms with Gasteiger partial charge >= 0.3 is 0 Å². The maximum atomic E-state index is 11.1. The molecule has 1 aliphatic rings. The lowest BCUT2D eigenvalue weighted by atomic mass is 9.98. The third-order valence-corrected chi connectivity index (χ3v) is 8.05. The van der Waals surface area contributed by atoms with Crippen LogP contribution in [0.25, 0.3) is 0 Å². The molecule has 0 aliphatic carbocycles. The van der Waals surface area contributed by atoms with E-state index in [1.165, 1.54) is 0 Å². The average molecular weight is 551 g/mol. The number of rotatable bonds is 21. The van der Waals surface area contributed by atoms with Gasteiger partial charge in [0.05, 0.1) is 51.7 Å². The first-order valence-electron chi connectivity index (χ1n) is 14.9. The van der Waals surface area contributed by atoms with Gasteiger partial charge in [0.15, 0.2) is 6.29 Å².